The third-order valence-electron chi connectivity index (χ3n) is 1.78. The molecule has 68 valence electrons. The molecule has 0 fully saturated rings. The van der Waals surface area contributed by atoms with Crippen LogP contribution in [-0.4, -0.2) is 37.3 Å². The van der Waals surface area contributed by atoms with Gasteiger partial charge in [0.15, 0.2) is 5.17 Å². The van der Waals surface area contributed by atoms with Gasteiger partial charge in [0.25, 0.3) is 0 Å². The van der Waals surface area contributed by atoms with Crippen LogP contribution in [0.2, 0.25) is 0 Å². The summed E-state index contributed by atoms with van der Waals surface area (Å²) in [5.41, 5.74) is 1.05. The number of likely N-dealkylation sites (N-methyl/N-ethyl adjacent to an activating group) is 1. The maximum absolute atomic E-state index is 5.86. The fourth-order valence-electron chi connectivity index (χ4n) is 1.18. The van der Waals surface area contributed by atoms with Gasteiger partial charge in [-0.1, -0.05) is 22.8 Å². The Hall–Kier alpha value is -0.540. The molecule has 0 unspecified atom stereocenters. The number of hydrogen-bond donors (Lipinski definition) is 0. The zero-order valence-electron chi connectivity index (χ0n) is 7.38. The Morgan fingerprint density at radius 1 is 1.75 bits per heavy atom. The standard InChI is InChI=1S/C8H13ClN2O/c1-11-5-3-4-7(6-11)8(9)10-12-2/h4H,3,5-6H2,1-2H3/b10-8+. The van der Waals surface area contributed by atoms with Crippen LogP contribution >= 0.6 is 11.6 Å². The summed E-state index contributed by atoms with van der Waals surface area (Å²) in [7, 11) is 3.56. The van der Waals surface area contributed by atoms with Gasteiger partial charge >= 0.3 is 0 Å². The summed E-state index contributed by atoms with van der Waals surface area (Å²) in [5, 5.41) is 4.13. The summed E-state index contributed by atoms with van der Waals surface area (Å²) in [4.78, 5) is 6.79. The number of nitrogens with zero attached hydrogens (tertiary/aromatic N) is 2. The van der Waals surface area contributed by atoms with Gasteiger partial charge in [-0.3, -0.25) is 0 Å². The van der Waals surface area contributed by atoms with Gasteiger partial charge in [0.2, 0.25) is 0 Å². The lowest BCUT2D eigenvalue weighted by Crippen LogP contribution is -2.27. The first-order chi connectivity index (χ1) is 5.74. The average molecular weight is 189 g/mol. The number of hydrogen-bond acceptors (Lipinski definition) is 3. The van der Waals surface area contributed by atoms with E-state index in [4.69, 9.17) is 11.6 Å². The maximum Gasteiger partial charge on any atom is 0.172 e. The van der Waals surface area contributed by atoms with Crippen LogP contribution in [0.4, 0.5) is 0 Å². The lowest BCUT2D eigenvalue weighted by molar-refractivity contribution is 0.214. The average Bonchev–Trinajstić information content (AvgIpc) is 2.05. The van der Waals surface area contributed by atoms with Crippen molar-refractivity contribution >= 4 is 16.8 Å². The molecule has 0 spiro atoms. The van der Waals surface area contributed by atoms with Gasteiger partial charge in [-0.25, -0.2) is 0 Å². The molecule has 4 heteroatoms. The van der Waals surface area contributed by atoms with Gasteiger partial charge in [-0.15, -0.1) is 0 Å². The molecule has 0 atom stereocenters. The van der Waals surface area contributed by atoms with Crippen molar-refractivity contribution in [3.05, 3.63) is 11.6 Å². The first kappa shape index (κ1) is 9.55. The second kappa shape index (κ2) is 4.48. The first-order valence-corrected chi connectivity index (χ1v) is 4.26. The molecular formula is C8H13ClN2O. The Bertz CT molecular complexity index is 213. The van der Waals surface area contributed by atoms with Crippen molar-refractivity contribution in [2.75, 3.05) is 27.2 Å². The smallest absolute Gasteiger partial charge is 0.172 e. The highest BCUT2D eigenvalue weighted by molar-refractivity contribution is 6.69. The van der Waals surface area contributed by atoms with Crippen LogP contribution in [0.15, 0.2) is 16.8 Å². The third-order valence-corrected chi connectivity index (χ3v) is 2.09. The van der Waals surface area contributed by atoms with E-state index in [2.05, 4.69) is 28.0 Å². The molecular weight excluding hydrogens is 176 g/mol. The number of rotatable bonds is 2. The van der Waals surface area contributed by atoms with E-state index in [0.29, 0.717) is 5.17 Å². The van der Waals surface area contributed by atoms with E-state index in [1.807, 2.05) is 0 Å². The van der Waals surface area contributed by atoms with Crippen LogP contribution in [0.5, 0.6) is 0 Å². The van der Waals surface area contributed by atoms with E-state index in [1.54, 1.807) is 0 Å². The van der Waals surface area contributed by atoms with Crippen molar-refractivity contribution in [3.8, 4) is 0 Å². The van der Waals surface area contributed by atoms with Crippen LogP contribution in [-0.2, 0) is 4.84 Å². The highest BCUT2D eigenvalue weighted by Gasteiger charge is 2.12. The lowest BCUT2D eigenvalue weighted by atomic mass is 10.1. The van der Waals surface area contributed by atoms with Crippen molar-refractivity contribution < 1.29 is 4.84 Å². The van der Waals surface area contributed by atoms with Gasteiger partial charge in [0, 0.05) is 18.7 Å². The summed E-state index contributed by atoms with van der Waals surface area (Å²) in [6.07, 6.45) is 3.13. The molecule has 0 amide bonds. The molecule has 1 rings (SSSR count). The second-order valence-corrected chi connectivity index (χ2v) is 3.18. The van der Waals surface area contributed by atoms with E-state index in [-0.39, 0.29) is 0 Å². The van der Waals surface area contributed by atoms with E-state index in [1.165, 1.54) is 7.11 Å². The monoisotopic (exact) mass is 188 g/mol. The van der Waals surface area contributed by atoms with Gasteiger partial charge in [-0.05, 0) is 13.5 Å². The Morgan fingerprint density at radius 3 is 3.08 bits per heavy atom. The number of halogens is 1. The third kappa shape index (κ3) is 2.50. The highest BCUT2D eigenvalue weighted by Crippen LogP contribution is 2.11. The van der Waals surface area contributed by atoms with E-state index < -0.39 is 0 Å². The van der Waals surface area contributed by atoms with Crippen molar-refractivity contribution in [3.63, 3.8) is 0 Å². The topological polar surface area (TPSA) is 24.8 Å². The van der Waals surface area contributed by atoms with Crippen molar-refractivity contribution in [1.82, 2.24) is 4.90 Å². The molecule has 0 radical (unpaired) electrons. The molecule has 1 aliphatic heterocycles. The Labute approximate surface area is 77.6 Å². The zero-order valence-corrected chi connectivity index (χ0v) is 8.14. The molecule has 1 aliphatic rings. The van der Waals surface area contributed by atoms with E-state index in [9.17, 15) is 0 Å². The Kier molecular flexibility index (Phi) is 3.56. The molecule has 3 nitrogen and oxygen atoms in total. The summed E-state index contributed by atoms with van der Waals surface area (Å²) < 4.78 is 0. The van der Waals surface area contributed by atoms with Gasteiger partial charge in [-0.2, -0.15) is 0 Å². The fourth-order valence-corrected chi connectivity index (χ4v) is 1.39. The van der Waals surface area contributed by atoms with E-state index >= 15 is 0 Å². The quantitative estimate of drug-likeness (QED) is 0.484. The first-order valence-electron chi connectivity index (χ1n) is 3.88. The summed E-state index contributed by atoms with van der Waals surface area (Å²) in [6.45, 7) is 1.94. The van der Waals surface area contributed by atoms with Crippen molar-refractivity contribution in [2.45, 2.75) is 6.42 Å². The van der Waals surface area contributed by atoms with Crippen molar-refractivity contribution in [2.24, 2.45) is 5.16 Å². The molecule has 0 aliphatic carbocycles. The fraction of sp³-hybridized carbons (Fsp3) is 0.625. The Balaban J connectivity index is 2.62. The van der Waals surface area contributed by atoms with Gasteiger partial charge < -0.3 is 9.74 Å². The predicted molar refractivity (Wildman–Crippen MR) is 50.5 cm³/mol. The maximum atomic E-state index is 5.86. The number of oxime groups is 1. The van der Waals surface area contributed by atoms with E-state index in [0.717, 1.165) is 25.1 Å². The van der Waals surface area contributed by atoms with Crippen LogP contribution < -0.4 is 0 Å². The molecule has 0 saturated carbocycles. The van der Waals surface area contributed by atoms with Crippen LogP contribution in [0.3, 0.4) is 0 Å². The van der Waals surface area contributed by atoms with Gasteiger partial charge in [0.05, 0.1) is 0 Å². The minimum absolute atomic E-state index is 0.462. The van der Waals surface area contributed by atoms with Crippen LogP contribution in [0, 0.1) is 0 Å². The molecule has 0 aromatic carbocycles. The second-order valence-electron chi connectivity index (χ2n) is 2.82. The normalized spacial score (nSPS) is 20.6. The molecule has 0 saturated heterocycles. The molecule has 12 heavy (non-hydrogen) atoms. The van der Waals surface area contributed by atoms with Crippen molar-refractivity contribution in [1.29, 1.82) is 0 Å². The summed E-state index contributed by atoms with van der Waals surface area (Å²) in [5.74, 6) is 0. The summed E-state index contributed by atoms with van der Waals surface area (Å²) in [6, 6.07) is 0. The molecule has 1 heterocycles. The lowest BCUT2D eigenvalue weighted by Gasteiger charge is -2.21. The van der Waals surface area contributed by atoms with Crippen LogP contribution in [0.1, 0.15) is 6.42 Å². The largest absolute Gasteiger partial charge is 0.398 e. The highest BCUT2D eigenvalue weighted by atomic mass is 35.5. The Morgan fingerprint density at radius 2 is 2.50 bits per heavy atom. The molecule has 0 aromatic rings. The molecule has 0 bridgehead atoms. The minimum atomic E-state index is 0.462. The minimum Gasteiger partial charge on any atom is -0.398 e. The predicted octanol–water partition coefficient (Wildman–Crippen LogP) is 1.45. The molecule has 0 N–H and O–H groups in total. The van der Waals surface area contributed by atoms with Gasteiger partial charge in [0.1, 0.15) is 7.11 Å². The van der Waals surface area contributed by atoms with Crippen LogP contribution in [0.25, 0.3) is 0 Å². The SMILES string of the molecule is CO/N=C(/Cl)C1=CCCN(C)C1. The molecule has 0 aromatic heterocycles. The zero-order chi connectivity index (χ0) is 8.97. The summed E-state index contributed by atoms with van der Waals surface area (Å²) >= 11 is 5.86.